The van der Waals surface area contributed by atoms with Crippen LogP contribution in [0.1, 0.15) is 25.7 Å². The number of nitrogens with zero attached hydrogens (tertiary/aromatic N) is 3. The van der Waals surface area contributed by atoms with Crippen LogP contribution in [0, 0.1) is 0 Å². The number of aromatic nitrogens is 4. The predicted molar refractivity (Wildman–Crippen MR) is 233 cm³/mol. The molecule has 2 aromatic heterocycles. The minimum absolute atomic E-state index is 0.0875. The van der Waals surface area contributed by atoms with Crippen LogP contribution >= 0.6 is 0 Å². The van der Waals surface area contributed by atoms with Crippen LogP contribution in [0.25, 0.3) is 43.4 Å². The standard InChI is InChI=1S/C23H25N3O3S.C22H23N3O3S/c1-26(2)14-5-6-15-29-18-12-13-21-20(16-18)23(25-24-21)30(27,28)22-11-7-9-17-8-3-4-10-19(17)22;1-23-13-4-5-14-28-17-11-12-20-19(15-17)22(25-24-20)29(26,27)21-10-6-8-16-7-2-3-9-18(16)21/h3-4,7-13,16H,5-6,14-15H2,1-2H3,(H,24,25);2-3,6-12,15,23H,4-5,13-14H2,1H3,(H,24,25). The molecule has 8 rings (SSSR count). The van der Waals surface area contributed by atoms with Crippen LogP contribution in [0.3, 0.4) is 0 Å². The summed E-state index contributed by atoms with van der Waals surface area (Å²) in [6.45, 7) is 3.12. The predicted octanol–water partition coefficient (Wildman–Crippen LogP) is 8.20. The fourth-order valence-corrected chi connectivity index (χ4v) is 10.1. The molecular formula is C45H48N6O6S2. The van der Waals surface area contributed by atoms with Crippen molar-refractivity contribution in [2.24, 2.45) is 0 Å². The largest absolute Gasteiger partial charge is 0.494 e. The van der Waals surface area contributed by atoms with Crippen LogP contribution in [0.2, 0.25) is 0 Å². The van der Waals surface area contributed by atoms with Gasteiger partial charge in [-0.3, -0.25) is 10.2 Å². The van der Waals surface area contributed by atoms with Crippen molar-refractivity contribution in [1.82, 2.24) is 30.6 Å². The molecule has 0 aliphatic rings. The molecule has 14 heteroatoms. The number of hydrogen-bond acceptors (Lipinski definition) is 10. The number of hydrogen-bond donors (Lipinski definition) is 3. The molecule has 59 heavy (non-hydrogen) atoms. The number of nitrogens with one attached hydrogen (secondary N) is 3. The molecule has 0 fully saturated rings. The van der Waals surface area contributed by atoms with Crippen molar-refractivity contribution in [2.75, 3.05) is 47.4 Å². The quantitative estimate of drug-likeness (QED) is 0.0811. The molecule has 0 saturated heterocycles. The maximum Gasteiger partial charge on any atom is 0.224 e. The summed E-state index contributed by atoms with van der Waals surface area (Å²) < 4.78 is 65.5. The molecule has 306 valence electrons. The minimum atomic E-state index is -3.78. The van der Waals surface area contributed by atoms with Gasteiger partial charge in [-0.2, -0.15) is 10.2 Å². The Labute approximate surface area is 344 Å². The molecular weight excluding hydrogens is 785 g/mol. The molecule has 12 nitrogen and oxygen atoms in total. The first-order chi connectivity index (χ1) is 28.6. The Morgan fingerprint density at radius 1 is 0.559 bits per heavy atom. The second-order valence-corrected chi connectivity index (χ2v) is 18.2. The van der Waals surface area contributed by atoms with Gasteiger partial charge in [0.05, 0.1) is 34.0 Å². The number of H-pyrrole nitrogens is 2. The number of benzene rings is 6. The van der Waals surface area contributed by atoms with Crippen LogP contribution in [-0.2, 0) is 19.7 Å². The van der Waals surface area contributed by atoms with Gasteiger partial charge in [0.1, 0.15) is 11.5 Å². The first-order valence-electron chi connectivity index (χ1n) is 19.5. The average Bonchev–Trinajstić information content (AvgIpc) is 3.88. The van der Waals surface area contributed by atoms with Crippen LogP contribution in [0.4, 0.5) is 0 Å². The van der Waals surface area contributed by atoms with E-state index >= 15 is 0 Å². The maximum atomic E-state index is 13.5. The van der Waals surface area contributed by atoms with Crippen molar-refractivity contribution < 1.29 is 26.3 Å². The zero-order valence-corrected chi connectivity index (χ0v) is 34.9. The van der Waals surface area contributed by atoms with E-state index in [4.69, 9.17) is 9.47 Å². The van der Waals surface area contributed by atoms with E-state index in [2.05, 4.69) is 30.6 Å². The van der Waals surface area contributed by atoms with E-state index in [0.717, 1.165) is 49.5 Å². The second-order valence-electron chi connectivity index (χ2n) is 14.4. The first-order valence-corrected chi connectivity index (χ1v) is 22.5. The third-order valence-electron chi connectivity index (χ3n) is 9.96. The van der Waals surface area contributed by atoms with Crippen molar-refractivity contribution in [1.29, 1.82) is 0 Å². The van der Waals surface area contributed by atoms with Gasteiger partial charge in [0, 0.05) is 21.5 Å². The molecule has 0 aliphatic heterocycles. The second kappa shape index (κ2) is 18.4. The van der Waals surface area contributed by atoms with Gasteiger partial charge in [0.15, 0.2) is 10.1 Å². The molecule has 0 radical (unpaired) electrons. The summed E-state index contributed by atoms with van der Waals surface area (Å²) in [5.41, 5.74) is 1.18. The highest BCUT2D eigenvalue weighted by molar-refractivity contribution is 7.92. The number of unbranched alkanes of at least 4 members (excludes halogenated alkanes) is 2. The lowest BCUT2D eigenvalue weighted by molar-refractivity contribution is 0.293. The SMILES string of the molecule is CN(C)CCCCOc1ccc2n[nH]c(S(=O)(=O)c3cccc4ccccc34)c2c1.CNCCCCOc1ccc2n[nH]c(S(=O)(=O)c3cccc4ccccc34)c2c1. The van der Waals surface area contributed by atoms with Crippen LogP contribution in [0.5, 0.6) is 11.5 Å². The van der Waals surface area contributed by atoms with Crippen molar-refractivity contribution >= 4 is 63.0 Å². The van der Waals surface area contributed by atoms with Crippen molar-refractivity contribution in [3.05, 3.63) is 121 Å². The van der Waals surface area contributed by atoms with Gasteiger partial charge in [0.2, 0.25) is 19.7 Å². The monoisotopic (exact) mass is 832 g/mol. The summed E-state index contributed by atoms with van der Waals surface area (Å²) >= 11 is 0. The normalized spacial score (nSPS) is 12.0. The lowest BCUT2D eigenvalue weighted by Gasteiger charge is -2.10. The number of sulfone groups is 2. The maximum absolute atomic E-state index is 13.5. The summed E-state index contributed by atoms with van der Waals surface area (Å²) in [6, 6.07) is 36.2. The Hall–Kier alpha value is -5.80. The molecule has 0 bridgehead atoms. The Morgan fingerprint density at radius 2 is 1.02 bits per heavy atom. The Kier molecular flexibility index (Phi) is 12.9. The Morgan fingerprint density at radius 3 is 1.49 bits per heavy atom. The lowest BCUT2D eigenvalue weighted by atomic mass is 10.1. The van der Waals surface area contributed by atoms with Crippen molar-refractivity contribution in [3.8, 4) is 11.5 Å². The van der Waals surface area contributed by atoms with Crippen LogP contribution in [0.15, 0.2) is 141 Å². The molecule has 0 aliphatic carbocycles. The Bertz CT molecular complexity index is 2920. The minimum Gasteiger partial charge on any atom is -0.494 e. The van der Waals surface area contributed by atoms with E-state index in [-0.39, 0.29) is 19.8 Å². The highest BCUT2D eigenvalue weighted by Crippen LogP contribution is 2.34. The molecule has 8 aromatic rings. The molecule has 0 unspecified atom stereocenters. The highest BCUT2D eigenvalue weighted by Gasteiger charge is 2.26. The fraction of sp³-hybridized carbons (Fsp3) is 0.244. The van der Waals surface area contributed by atoms with Crippen LogP contribution in [-0.4, -0.2) is 89.6 Å². The highest BCUT2D eigenvalue weighted by atomic mass is 32.2. The van der Waals surface area contributed by atoms with Crippen LogP contribution < -0.4 is 14.8 Å². The van der Waals surface area contributed by atoms with E-state index < -0.39 is 19.7 Å². The van der Waals surface area contributed by atoms with E-state index in [9.17, 15) is 16.8 Å². The van der Waals surface area contributed by atoms with Gasteiger partial charge in [0.25, 0.3) is 0 Å². The number of rotatable bonds is 16. The lowest BCUT2D eigenvalue weighted by Crippen LogP contribution is -2.13. The molecule has 0 spiro atoms. The Balaban J connectivity index is 0.000000179. The summed E-state index contributed by atoms with van der Waals surface area (Å²) in [6.07, 6.45) is 3.92. The molecule has 6 aromatic carbocycles. The smallest absolute Gasteiger partial charge is 0.224 e. The summed E-state index contributed by atoms with van der Waals surface area (Å²) in [7, 11) is -1.55. The molecule has 0 atom stereocenters. The number of aromatic amines is 2. The number of ether oxygens (including phenoxy) is 2. The van der Waals surface area contributed by atoms with Crippen molar-refractivity contribution in [2.45, 2.75) is 45.5 Å². The van der Waals surface area contributed by atoms with Crippen molar-refractivity contribution in [3.63, 3.8) is 0 Å². The molecule has 0 amide bonds. The van der Waals surface area contributed by atoms with Gasteiger partial charge in [-0.15, -0.1) is 0 Å². The average molecular weight is 833 g/mol. The third kappa shape index (κ3) is 9.26. The van der Waals surface area contributed by atoms with E-state index in [0.29, 0.717) is 57.3 Å². The zero-order valence-electron chi connectivity index (χ0n) is 33.3. The molecule has 0 saturated carbocycles. The topological polar surface area (TPSA) is 159 Å². The summed E-state index contributed by atoms with van der Waals surface area (Å²) in [4.78, 5) is 2.67. The van der Waals surface area contributed by atoms with E-state index in [1.54, 1.807) is 48.5 Å². The fourth-order valence-electron chi connectivity index (χ4n) is 6.91. The van der Waals surface area contributed by atoms with Gasteiger partial charge < -0.3 is 19.7 Å². The van der Waals surface area contributed by atoms with Gasteiger partial charge >= 0.3 is 0 Å². The van der Waals surface area contributed by atoms with E-state index in [1.807, 2.05) is 93.9 Å². The summed E-state index contributed by atoms with van der Waals surface area (Å²) in [5.74, 6) is 1.28. The molecule has 3 N–H and O–H groups in total. The van der Waals surface area contributed by atoms with Gasteiger partial charge in [-0.05, 0) is 119 Å². The van der Waals surface area contributed by atoms with Gasteiger partial charge in [-0.25, -0.2) is 16.8 Å². The van der Waals surface area contributed by atoms with Gasteiger partial charge in [-0.1, -0.05) is 72.8 Å². The molecule has 2 heterocycles. The summed E-state index contributed by atoms with van der Waals surface area (Å²) in [5, 5.41) is 21.3. The zero-order chi connectivity index (χ0) is 41.4. The number of fused-ring (bicyclic) bond motifs is 4. The third-order valence-corrected chi connectivity index (χ3v) is 13.5. The first kappa shape index (κ1) is 41.4. The van der Waals surface area contributed by atoms with E-state index in [1.165, 1.54) is 0 Å².